The van der Waals surface area contributed by atoms with Crippen molar-refractivity contribution in [3.05, 3.63) is 0 Å². The van der Waals surface area contributed by atoms with Gasteiger partial charge in [0.1, 0.15) is 0 Å². The van der Waals surface area contributed by atoms with E-state index in [0.29, 0.717) is 5.41 Å². The van der Waals surface area contributed by atoms with Gasteiger partial charge < -0.3 is 15.3 Å². The summed E-state index contributed by atoms with van der Waals surface area (Å²) in [4.78, 5) is 2.46. The summed E-state index contributed by atoms with van der Waals surface area (Å²) in [5, 5.41) is 13.9. The lowest BCUT2D eigenvalue weighted by Crippen LogP contribution is -2.49. The quantitative estimate of drug-likeness (QED) is 0.718. The SMILES string of the molecule is CCN(CC(C)(C)O)CC1(CNC2CC2)CCCCC1. The summed E-state index contributed by atoms with van der Waals surface area (Å²) in [5.41, 5.74) is -0.141. The van der Waals surface area contributed by atoms with Crippen LogP contribution in [0.4, 0.5) is 0 Å². The third-order valence-corrected chi connectivity index (χ3v) is 4.87. The number of aliphatic hydroxyl groups is 1. The van der Waals surface area contributed by atoms with E-state index in [9.17, 15) is 5.11 Å². The third-order valence-electron chi connectivity index (χ3n) is 4.87. The maximum absolute atomic E-state index is 10.1. The second-order valence-corrected chi connectivity index (χ2v) is 7.83. The predicted molar refractivity (Wildman–Crippen MR) is 85.0 cm³/mol. The topological polar surface area (TPSA) is 35.5 Å². The molecular formula is C17H34N2O. The van der Waals surface area contributed by atoms with E-state index in [2.05, 4.69) is 17.1 Å². The summed E-state index contributed by atoms with van der Waals surface area (Å²) < 4.78 is 0. The zero-order chi connectivity index (χ0) is 14.6. The van der Waals surface area contributed by atoms with Crippen molar-refractivity contribution in [1.82, 2.24) is 10.2 Å². The van der Waals surface area contributed by atoms with Gasteiger partial charge in [0.15, 0.2) is 0 Å². The first kappa shape index (κ1) is 16.3. The molecule has 0 aromatic heterocycles. The summed E-state index contributed by atoms with van der Waals surface area (Å²) in [5.74, 6) is 0. The van der Waals surface area contributed by atoms with Crippen LogP contribution in [0.2, 0.25) is 0 Å². The van der Waals surface area contributed by atoms with Gasteiger partial charge in [0.2, 0.25) is 0 Å². The van der Waals surface area contributed by atoms with Crippen molar-refractivity contribution in [2.24, 2.45) is 5.41 Å². The van der Waals surface area contributed by atoms with Crippen LogP contribution in [-0.2, 0) is 0 Å². The van der Waals surface area contributed by atoms with Gasteiger partial charge in [-0.15, -0.1) is 0 Å². The van der Waals surface area contributed by atoms with Crippen molar-refractivity contribution < 1.29 is 5.11 Å². The Kier molecular flexibility index (Phi) is 5.49. The average molecular weight is 282 g/mol. The number of nitrogens with zero attached hydrogens (tertiary/aromatic N) is 1. The monoisotopic (exact) mass is 282 g/mol. The van der Waals surface area contributed by atoms with Crippen molar-refractivity contribution in [3.8, 4) is 0 Å². The van der Waals surface area contributed by atoms with E-state index < -0.39 is 5.60 Å². The van der Waals surface area contributed by atoms with Gasteiger partial charge in [0.05, 0.1) is 5.60 Å². The lowest BCUT2D eigenvalue weighted by atomic mass is 9.73. The van der Waals surface area contributed by atoms with Crippen LogP contribution in [0, 0.1) is 5.41 Å². The summed E-state index contributed by atoms with van der Waals surface area (Å²) in [6.45, 7) is 10.2. The van der Waals surface area contributed by atoms with Crippen LogP contribution >= 0.6 is 0 Å². The molecular weight excluding hydrogens is 248 g/mol. The van der Waals surface area contributed by atoms with E-state index in [1.807, 2.05) is 13.8 Å². The Hall–Kier alpha value is -0.120. The van der Waals surface area contributed by atoms with Crippen LogP contribution in [0.1, 0.15) is 65.7 Å². The summed E-state index contributed by atoms with van der Waals surface area (Å²) in [7, 11) is 0. The standard InChI is InChI=1S/C17H34N2O/c1-4-19(13-16(2,3)20)14-17(10-6-5-7-11-17)12-18-15-8-9-15/h15,18,20H,4-14H2,1-3H3. The summed E-state index contributed by atoms with van der Waals surface area (Å²) >= 11 is 0. The average Bonchev–Trinajstić information content (AvgIpc) is 3.19. The molecule has 2 N–H and O–H groups in total. The van der Waals surface area contributed by atoms with Gasteiger partial charge in [-0.2, -0.15) is 0 Å². The Morgan fingerprint density at radius 1 is 1.20 bits per heavy atom. The van der Waals surface area contributed by atoms with Gasteiger partial charge in [0.25, 0.3) is 0 Å². The van der Waals surface area contributed by atoms with E-state index in [4.69, 9.17) is 0 Å². The fourth-order valence-corrected chi connectivity index (χ4v) is 3.64. The van der Waals surface area contributed by atoms with Crippen molar-refractivity contribution in [2.45, 2.75) is 77.4 Å². The molecule has 0 aromatic carbocycles. The van der Waals surface area contributed by atoms with Crippen LogP contribution in [-0.4, -0.2) is 47.8 Å². The van der Waals surface area contributed by atoms with E-state index in [-0.39, 0.29) is 0 Å². The maximum Gasteiger partial charge on any atom is 0.0718 e. The highest BCUT2D eigenvalue weighted by Crippen LogP contribution is 2.37. The molecule has 0 amide bonds. The molecule has 3 heteroatoms. The maximum atomic E-state index is 10.1. The molecule has 2 rings (SSSR count). The van der Waals surface area contributed by atoms with Crippen LogP contribution < -0.4 is 5.32 Å². The minimum Gasteiger partial charge on any atom is -0.389 e. The first-order valence-corrected chi connectivity index (χ1v) is 8.61. The molecule has 0 aromatic rings. The molecule has 0 aliphatic heterocycles. The Morgan fingerprint density at radius 3 is 2.35 bits per heavy atom. The second kappa shape index (κ2) is 6.76. The van der Waals surface area contributed by atoms with E-state index in [1.54, 1.807) is 0 Å². The Bertz CT molecular complexity index is 288. The first-order chi connectivity index (χ1) is 9.42. The highest BCUT2D eigenvalue weighted by Gasteiger charge is 2.36. The fraction of sp³-hybridized carbons (Fsp3) is 1.00. The fourth-order valence-electron chi connectivity index (χ4n) is 3.64. The molecule has 20 heavy (non-hydrogen) atoms. The minimum absolute atomic E-state index is 0.447. The smallest absolute Gasteiger partial charge is 0.0718 e. The van der Waals surface area contributed by atoms with E-state index in [0.717, 1.165) is 25.7 Å². The number of nitrogens with one attached hydrogen (secondary N) is 1. The van der Waals surface area contributed by atoms with Crippen LogP contribution in [0.5, 0.6) is 0 Å². The summed E-state index contributed by atoms with van der Waals surface area (Å²) in [6, 6.07) is 0.804. The normalized spacial score (nSPS) is 23.2. The number of hydrogen-bond donors (Lipinski definition) is 2. The molecule has 3 nitrogen and oxygen atoms in total. The lowest BCUT2D eigenvalue weighted by molar-refractivity contribution is 0.0143. The van der Waals surface area contributed by atoms with Gasteiger partial charge in [-0.25, -0.2) is 0 Å². The molecule has 118 valence electrons. The van der Waals surface area contributed by atoms with Crippen molar-refractivity contribution in [1.29, 1.82) is 0 Å². The molecule has 0 heterocycles. The van der Waals surface area contributed by atoms with E-state index >= 15 is 0 Å². The van der Waals surface area contributed by atoms with Crippen molar-refractivity contribution in [3.63, 3.8) is 0 Å². The Morgan fingerprint density at radius 2 is 1.85 bits per heavy atom. The van der Waals surface area contributed by atoms with E-state index in [1.165, 1.54) is 51.5 Å². The van der Waals surface area contributed by atoms with Crippen LogP contribution in [0.15, 0.2) is 0 Å². The molecule has 0 spiro atoms. The second-order valence-electron chi connectivity index (χ2n) is 7.83. The largest absolute Gasteiger partial charge is 0.389 e. The molecule has 2 fully saturated rings. The number of rotatable bonds is 8. The van der Waals surface area contributed by atoms with Gasteiger partial charge in [-0.3, -0.25) is 0 Å². The van der Waals surface area contributed by atoms with Gasteiger partial charge in [0, 0.05) is 25.7 Å². The Labute approximate surface area is 125 Å². The first-order valence-electron chi connectivity index (χ1n) is 8.61. The zero-order valence-electron chi connectivity index (χ0n) is 13.7. The molecule has 0 radical (unpaired) electrons. The highest BCUT2D eigenvalue weighted by atomic mass is 16.3. The molecule has 0 bridgehead atoms. The van der Waals surface area contributed by atoms with Gasteiger partial charge in [-0.1, -0.05) is 26.2 Å². The molecule has 2 aliphatic rings. The van der Waals surface area contributed by atoms with Crippen LogP contribution in [0.3, 0.4) is 0 Å². The molecule has 0 saturated heterocycles. The summed E-state index contributed by atoms with van der Waals surface area (Å²) in [6.07, 6.45) is 9.63. The predicted octanol–water partition coefficient (Wildman–Crippen LogP) is 2.78. The van der Waals surface area contributed by atoms with Crippen molar-refractivity contribution >= 4 is 0 Å². The molecule has 2 aliphatic carbocycles. The van der Waals surface area contributed by atoms with Crippen molar-refractivity contribution in [2.75, 3.05) is 26.2 Å². The van der Waals surface area contributed by atoms with Gasteiger partial charge in [-0.05, 0) is 51.5 Å². The Balaban J connectivity index is 1.93. The molecule has 0 unspecified atom stereocenters. The van der Waals surface area contributed by atoms with Crippen LogP contribution in [0.25, 0.3) is 0 Å². The lowest BCUT2D eigenvalue weighted by Gasteiger charge is -2.42. The number of hydrogen-bond acceptors (Lipinski definition) is 3. The minimum atomic E-state index is -0.588. The van der Waals surface area contributed by atoms with Gasteiger partial charge >= 0.3 is 0 Å². The molecule has 0 atom stereocenters. The highest BCUT2D eigenvalue weighted by molar-refractivity contribution is 4.92. The molecule has 2 saturated carbocycles. The number of likely N-dealkylation sites (N-methyl/N-ethyl adjacent to an activating group) is 1. The third kappa shape index (κ3) is 5.34. The zero-order valence-corrected chi connectivity index (χ0v) is 13.7.